The van der Waals surface area contributed by atoms with E-state index in [0.29, 0.717) is 5.89 Å². The third-order valence-electron chi connectivity index (χ3n) is 1.11. The van der Waals surface area contributed by atoms with Crippen LogP contribution in [0.3, 0.4) is 0 Å². The molecule has 0 saturated carbocycles. The Morgan fingerprint density at radius 2 is 2.50 bits per heavy atom. The summed E-state index contributed by atoms with van der Waals surface area (Å²) in [7, 11) is 0. The SMILES string of the molecule is c1nnc(-c2cn[nH]c2)o1. The number of rotatable bonds is 1. The van der Waals surface area contributed by atoms with Gasteiger partial charge in [-0.1, -0.05) is 0 Å². The van der Waals surface area contributed by atoms with Crippen LogP contribution in [0.1, 0.15) is 0 Å². The maximum atomic E-state index is 4.90. The molecule has 5 heteroatoms. The molecule has 0 unspecified atom stereocenters. The molecule has 0 aliphatic heterocycles. The van der Waals surface area contributed by atoms with Crippen LogP contribution in [-0.4, -0.2) is 20.4 Å². The van der Waals surface area contributed by atoms with E-state index in [0.717, 1.165) is 5.56 Å². The first kappa shape index (κ1) is 5.16. The lowest BCUT2D eigenvalue weighted by Crippen LogP contribution is -1.71. The summed E-state index contributed by atoms with van der Waals surface area (Å²) < 4.78 is 4.90. The van der Waals surface area contributed by atoms with Crippen LogP contribution in [0, 0.1) is 0 Å². The topological polar surface area (TPSA) is 67.6 Å². The zero-order valence-corrected chi connectivity index (χ0v) is 4.98. The largest absolute Gasteiger partial charge is 0.423 e. The lowest BCUT2D eigenvalue weighted by molar-refractivity contribution is 0.568. The van der Waals surface area contributed by atoms with E-state index in [9.17, 15) is 0 Å². The highest BCUT2D eigenvalue weighted by molar-refractivity contribution is 5.48. The molecule has 0 saturated heterocycles. The van der Waals surface area contributed by atoms with Crippen molar-refractivity contribution >= 4 is 0 Å². The van der Waals surface area contributed by atoms with Crippen LogP contribution >= 0.6 is 0 Å². The van der Waals surface area contributed by atoms with Crippen LogP contribution in [-0.2, 0) is 0 Å². The molecule has 0 spiro atoms. The molecule has 2 aromatic rings. The summed E-state index contributed by atoms with van der Waals surface area (Å²) in [5, 5.41) is 13.6. The van der Waals surface area contributed by atoms with Crippen molar-refractivity contribution in [2.24, 2.45) is 0 Å². The quantitative estimate of drug-likeness (QED) is 0.618. The Labute approximate surface area is 56.1 Å². The van der Waals surface area contributed by atoms with Gasteiger partial charge < -0.3 is 4.42 Å². The molecule has 5 nitrogen and oxygen atoms in total. The highest BCUT2D eigenvalue weighted by atomic mass is 16.4. The average molecular weight is 136 g/mol. The molecule has 0 aliphatic rings. The van der Waals surface area contributed by atoms with E-state index in [2.05, 4.69) is 20.4 Å². The Hall–Kier alpha value is -1.65. The highest BCUT2D eigenvalue weighted by Crippen LogP contribution is 2.11. The van der Waals surface area contributed by atoms with Crippen LogP contribution in [0.5, 0.6) is 0 Å². The molecule has 2 aromatic heterocycles. The van der Waals surface area contributed by atoms with Gasteiger partial charge in [-0.05, 0) is 0 Å². The minimum Gasteiger partial charge on any atom is -0.423 e. The van der Waals surface area contributed by atoms with E-state index >= 15 is 0 Å². The highest BCUT2D eigenvalue weighted by Gasteiger charge is 2.01. The molecule has 50 valence electrons. The lowest BCUT2D eigenvalue weighted by atomic mass is 10.4. The third-order valence-corrected chi connectivity index (χ3v) is 1.11. The van der Waals surface area contributed by atoms with Crippen molar-refractivity contribution in [3.8, 4) is 11.5 Å². The average Bonchev–Trinajstić information content (AvgIpc) is 2.59. The maximum absolute atomic E-state index is 4.90. The first-order chi connectivity index (χ1) is 4.97. The summed E-state index contributed by atoms with van der Waals surface area (Å²) in [4.78, 5) is 0. The Kier molecular flexibility index (Phi) is 1.00. The van der Waals surface area contributed by atoms with E-state index in [1.165, 1.54) is 6.39 Å². The number of hydrogen-bond acceptors (Lipinski definition) is 4. The number of hydrogen-bond donors (Lipinski definition) is 1. The molecular formula is C5H4N4O. The van der Waals surface area contributed by atoms with Crippen molar-refractivity contribution in [2.75, 3.05) is 0 Å². The van der Waals surface area contributed by atoms with Gasteiger partial charge in [0.05, 0.1) is 11.8 Å². The zero-order valence-electron chi connectivity index (χ0n) is 4.98. The number of aromatic nitrogens is 4. The maximum Gasteiger partial charge on any atom is 0.250 e. The van der Waals surface area contributed by atoms with Crippen molar-refractivity contribution in [3.05, 3.63) is 18.8 Å². The molecule has 0 atom stereocenters. The molecule has 0 amide bonds. The van der Waals surface area contributed by atoms with Gasteiger partial charge in [-0.2, -0.15) is 5.10 Å². The van der Waals surface area contributed by atoms with Crippen LogP contribution in [0.15, 0.2) is 23.2 Å². The van der Waals surface area contributed by atoms with Crippen molar-refractivity contribution < 1.29 is 4.42 Å². The molecule has 1 N–H and O–H groups in total. The van der Waals surface area contributed by atoms with Crippen molar-refractivity contribution in [3.63, 3.8) is 0 Å². The van der Waals surface area contributed by atoms with E-state index < -0.39 is 0 Å². The summed E-state index contributed by atoms with van der Waals surface area (Å²) in [6.07, 6.45) is 4.59. The van der Waals surface area contributed by atoms with Gasteiger partial charge in [-0.15, -0.1) is 10.2 Å². The molecule has 0 fully saturated rings. The van der Waals surface area contributed by atoms with Gasteiger partial charge in [-0.3, -0.25) is 5.10 Å². The lowest BCUT2D eigenvalue weighted by Gasteiger charge is -1.79. The molecule has 2 heterocycles. The van der Waals surface area contributed by atoms with E-state index in [1.807, 2.05) is 0 Å². The minimum atomic E-state index is 0.480. The molecule has 0 bridgehead atoms. The van der Waals surface area contributed by atoms with Gasteiger partial charge in [0.2, 0.25) is 6.39 Å². The summed E-state index contributed by atoms with van der Waals surface area (Å²) in [5.41, 5.74) is 0.803. The van der Waals surface area contributed by atoms with Crippen LogP contribution < -0.4 is 0 Å². The fourth-order valence-electron chi connectivity index (χ4n) is 0.667. The summed E-state index contributed by atoms with van der Waals surface area (Å²) >= 11 is 0. The fourth-order valence-corrected chi connectivity index (χ4v) is 0.667. The Balaban J connectivity index is 2.48. The van der Waals surface area contributed by atoms with Crippen LogP contribution in [0.2, 0.25) is 0 Å². The summed E-state index contributed by atoms with van der Waals surface area (Å²) in [6, 6.07) is 0. The van der Waals surface area contributed by atoms with Gasteiger partial charge in [0.1, 0.15) is 0 Å². The van der Waals surface area contributed by atoms with Crippen molar-refractivity contribution in [1.29, 1.82) is 0 Å². The second kappa shape index (κ2) is 1.94. The molecule has 2 rings (SSSR count). The number of H-pyrrole nitrogens is 1. The van der Waals surface area contributed by atoms with Crippen molar-refractivity contribution in [1.82, 2.24) is 20.4 Å². The third kappa shape index (κ3) is 0.680. The van der Waals surface area contributed by atoms with E-state index in [1.54, 1.807) is 12.4 Å². The van der Waals surface area contributed by atoms with Gasteiger partial charge in [-0.25, -0.2) is 0 Å². The monoisotopic (exact) mass is 136 g/mol. The Morgan fingerprint density at radius 3 is 3.10 bits per heavy atom. The number of nitrogens with zero attached hydrogens (tertiary/aromatic N) is 3. The predicted molar refractivity (Wildman–Crippen MR) is 31.9 cm³/mol. The minimum absolute atomic E-state index is 0.480. The van der Waals surface area contributed by atoms with E-state index in [-0.39, 0.29) is 0 Å². The Bertz CT molecular complexity index is 253. The molecule has 0 radical (unpaired) electrons. The number of aromatic amines is 1. The van der Waals surface area contributed by atoms with Crippen LogP contribution in [0.25, 0.3) is 11.5 Å². The van der Waals surface area contributed by atoms with Gasteiger partial charge in [0.25, 0.3) is 5.89 Å². The molecular weight excluding hydrogens is 132 g/mol. The van der Waals surface area contributed by atoms with Gasteiger partial charge >= 0.3 is 0 Å². The van der Waals surface area contributed by atoms with E-state index in [4.69, 9.17) is 4.42 Å². The van der Waals surface area contributed by atoms with Gasteiger partial charge in [0, 0.05) is 6.20 Å². The number of nitrogens with one attached hydrogen (secondary N) is 1. The predicted octanol–water partition coefficient (Wildman–Crippen LogP) is 0.460. The summed E-state index contributed by atoms with van der Waals surface area (Å²) in [5.74, 6) is 0.480. The second-order valence-corrected chi connectivity index (χ2v) is 1.73. The molecule has 0 aromatic carbocycles. The zero-order chi connectivity index (χ0) is 6.81. The normalized spacial score (nSPS) is 10.0. The first-order valence-electron chi connectivity index (χ1n) is 2.72. The Morgan fingerprint density at radius 1 is 1.50 bits per heavy atom. The van der Waals surface area contributed by atoms with Crippen molar-refractivity contribution in [2.45, 2.75) is 0 Å². The molecule has 0 aliphatic carbocycles. The second-order valence-electron chi connectivity index (χ2n) is 1.73. The van der Waals surface area contributed by atoms with Crippen LogP contribution in [0.4, 0.5) is 0 Å². The molecule has 10 heavy (non-hydrogen) atoms. The van der Waals surface area contributed by atoms with Gasteiger partial charge in [0.15, 0.2) is 0 Å². The fraction of sp³-hybridized carbons (Fsp3) is 0. The standard InChI is InChI=1S/C5H4N4O/c1-4(2-7-6-1)5-9-8-3-10-5/h1-3H,(H,6,7). The first-order valence-corrected chi connectivity index (χ1v) is 2.72. The smallest absolute Gasteiger partial charge is 0.250 e. The summed E-state index contributed by atoms with van der Waals surface area (Å²) in [6.45, 7) is 0.